The standard InChI is InChI=1S/C12H10N6OS/c1-8-6-11(20-17-8)14-12(19)9-2-3-10(16-15-9)18-5-4-13-7-18/h2-7H,1H3,(H,14,19). The van der Waals surface area contributed by atoms with Gasteiger partial charge in [-0.05, 0) is 36.7 Å². The zero-order valence-electron chi connectivity index (χ0n) is 10.5. The monoisotopic (exact) mass is 286 g/mol. The summed E-state index contributed by atoms with van der Waals surface area (Å²) in [4.78, 5) is 15.9. The summed E-state index contributed by atoms with van der Waals surface area (Å²) in [6, 6.07) is 5.13. The zero-order valence-corrected chi connectivity index (χ0v) is 11.3. The molecular weight excluding hydrogens is 276 g/mol. The fourth-order valence-corrected chi connectivity index (χ4v) is 2.23. The van der Waals surface area contributed by atoms with Crippen molar-refractivity contribution in [3.8, 4) is 5.82 Å². The van der Waals surface area contributed by atoms with Crippen LogP contribution in [0.3, 0.4) is 0 Å². The van der Waals surface area contributed by atoms with Crippen LogP contribution in [0.2, 0.25) is 0 Å². The fourth-order valence-electron chi connectivity index (χ4n) is 1.58. The Morgan fingerprint density at radius 1 is 1.35 bits per heavy atom. The minimum Gasteiger partial charge on any atom is -0.311 e. The quantitative estimate of drug-likeness (QED) is 0.791. The molecule has 3 aromatic heterocycles. The van der Waals surface area contributed by atoms with Gasteiger partial charge < -0.3 is 5.32 Å². The largest absolute Gasteiger partial charge is 0.311 e. The predicted octanol–water partition coefficient (Wildman–Crippen LogP) is 1.68. The van der Waals surface area contributed by atoms with Crippen molar-refractivity contribution in [1.29, 1.82) is 0 Å². The van der Waals surface area contributed by atoms with Crippen LogP contribution in [0.1, 0.15) is 16.2 Å². The van der Waals surface area contributed by atoms with E-state index in [0.29, 0.717) is 10.8 Å². The summed E-state index contributed by atoms with van der Waals surface area (Å²) in [5.41, 5.74) is 1.12. The average Bonchev–Trinajstić information content (AvgIpc) is 3.11. The lowest BCUT2D eigenvalue weighted by molar-refractivity contribution is 0.102. The number of hydrogen-bond donors (Lipinski definition) is 1. The van der Waals surface area contributed by atoms with Crippen LogP contribution in [0.25, 0.3) is 5.82 Å². The lowest BCUT2D eigenvalue weighted by atomic mass is 10.3. The number of carbonyl (C=O) groups excluding carboxylic acids is 1. The number of amides is 1. The molecule has 0 spiro atoms. The number of anilines is 1. The van der Waals surface area contributed by atoms with Crippen molar-refractivity contribution in [3.05, 3.63) is 48.3 Å². The topological polar surface area (TPSA) is 85.6 Å². The van der Waals surface area contributed by atoms with Crippen LogP contribution in [0.15, 0.2) is 36.9 Å². The van der Waals surface area contributed by atoms with Crippen molar-refractivity contribution in [2.24, 2.45) is 0 Å². The molecular formula is C12H10N6OS. The molecule has 1 N–H and O–H groups in total. The first kappa shape index (κ1) is 12.4. The number of nitrogens with one attached hydrogen (secondary N) is 1. The number of aromatic nitrogens is 5. The second-order valence-electron chi connectivity index (χ2n) is 4.03. The van der Waals surface area contributed by atoms with E-state index in [-0.39, 0.29) is 11.6 Å². The van der Waals surface area contributed by atoms with Gasteiger partial charge in [0.2, 0.25) is 0 Å². The molecule has 3 heterocycles. The molecule has 0 saturated heterocycles. The molecule has 0 fully saturated rings. The number of nitrogens with zero attached hydrogens (tertiary/aromatic N) is 5. The molecule has 20 heavy (non-hydrogen) atoms. The lowest BCUT2D eigenvalue weighted by Gasteiger charge is -2.02. The number of hydrogen-bond acceptors (Lipinski definition) is 6. The Balaban J connectivity index is 1.75. The summed E-state index contributed by atoms with van der Waals surface area (Å²) >= 11 is 1.23. The second kappa shape index (κ2) is 5.17. The number of aryl methyl sites for hydroxylation is 1. The van der Waals surface area contributed by atoms with Gasteiger partial charge in [0.1, 0.15) is 11.3 Å². The Morgan fingerprint density at radius 2 is 2.25 bits per heavy atom. The molecule has 0 radical (unpaired) electrons. The summed E-state index contributed by atoms with van der Waals surface area (Å²) in [5.74, 6) is 0.297. The van der Waals surface area contributed by atoms with Crippen LogP contribution in [0, 0.1) is 6.92 Å². The summed E-state index contributed by atoms with van der Waals surface area (Å²) in [6.45, 7) is 1.87. The maximum absolute atomic E-state index is 12.0. The summed E-state index contributed by atoms with van der Waals surface area (Å²) in [5, 5.41) is 11.3. The Bertz CT molecular complexity index is 719. The van der Waals surface area contributed by atoms with Crippen molar-refractivity contribution < 1.29 is 4.79 Å². The minimum absolute atomic E-state index is 0.250. The highest BCUT2D eigenvalue weighted by Gasteiger charge is 2.10. The van der Waals surface area contributed by atoms with E-state index in [1.54, 1.807) is 41.5 Å². The third-order valence-corrected chi connectivity index (χ3v) is 3.31. The Hall–Kier alpha value is -2.61. The number of carbonyl (C=O) groups is 1. The number of imidazole rings is 1. The van der Waals surface area contributed by atoms with Crippen LogP contribution in [0.4, 0.5) is 5.00 Å². The van der Waals surface area contributed by atoms with Gasteiger partial charge in [-0.1, -0.05) is 0 Å². The van der Waals surface area contributed by atoms with E-state index in [1.807, 2.05) is 6.92 Å². The SMILES string of the molecule is Cc1cc(NC(=O)c2ccc(-n3ccnc3)nn2)sn1. The molecule has 0 unspecified atom stereocenters. The highest BCUT2D eigenvalue weighted by Crippen LogP contribution is 2.16. The van der Waals surface area contributed by atoms with E-state index in [9.17, 15) is 4.79 Å². The fraction of sp³-hybridized carbons (Fsp3) is 0.0833. The van der Waals surface area contributed by atoms with Crippen molar-refractivity contribution in [2.45, 2.75) is 6.92 Å². The lowest BCUT2D eigenvalue weighted by Crippen LogP contribution is -2.14. The first-order valence-electron chi connectivity index (χ1n) is 5.79. The normalized spacial score (nSPS) is 10.4. The van der Waals surface area contributed by atoms with Crippen LogP contribution >= 0.6 is 11.5 Å². The van der Waals surface area contributed by atoms with E-state index in [4.69, 9.17) is 0 Å². The van der Waals surface area contributed by atoms with Crippen LogP contribution in [0.5, 0.6) is 0 Å². The van der Waals surface area contributed by atoms with E-state index < -0.39 is 0 Å². The third kappa shape index (κ3) is 2.54. The van der Waals surface area contributed by atoms with Gasteiger partial charge in [0.05, 0.1) is 5.69 Å². The molecule has 0 aliphatic rings. The van der Waals surface area contributed by atoms with Gasteiger partial charge in [0.15, 0.2) is 11.5 Å². The van der Waals surface area contributed by atoms with E-state index in [0.717, 1.165) is 5.69 Å². The molecule has 3 rings (SSSR count). The summed E-state index contributed by atoms with van der Waals surface area (Å²) in [6.07, 6.45) is 5.02. The highest BCUT2D eigenvalue weighted by atomic mass is 32.1. The third-order valence-electron chi connectivity index (χ3n) is 2.52. The van der Waals surface area contributed by atoms with Gasteiger partial charge >= 0.3 is 0 Å². The van der Waals surface area contributed by atoms with E-state index in [2.05, 4.69) is 24.9 Å². The van der Waals surface area contributed by atoms with Gasteiger partial charge in [0, 0.05) is 12.4 Å². The molecule has 3 aromatic rings. The Morgan fingerprint density at radius 3 is 2.85 bits per heavy atom. The first-order chi connectivity index (χ1) is 9.72. The minimum atomic E-state index is -0.307. The Kier molecular flexibility index (Phi) is 3.21. The molecule has 0 aliphatic heterocycles. The van der Waals surface area contributed by atoms with Crippen molar-refractivity contribution >= 4 is 22.4 Å². The molecule has 8 heteroatoms. The van der Waals surface area contributed by atoms with Crippen molar-refractivity contribution in [2.75, 3.05) is 5.32 Å². The van der Waals surface area contributed by atoms with Gasteiger partial charge in [-0.25, -0.2) is 4.98 Å². The molecule has 0 atom stereocenters. The van der Waals surface area contributed by atoms with Gasteiger partial charge in [-0.15, -0.1) is 10.2 Å². The van der Waals surface area contributed by atoms with Gasteiger partial charge in [-0.3, -0.25) is 9.36 Å². The average molecular weight is 286 g/mol. The molecule has 0 aliphatic carbocycles. The van der Waals surface area contributed by atoms with E-state index >= 15 is 0 Å². The van der Waals surface area contributed by atoms with E-state index in [1.165, 1.54) is 11.5 Å². The maximum atomic E-state index is 12.0. The molecule has 0 saturated carbocycles. The van der Waals surface area contributed by atoms with Crippen molar-refractivity contribution in [1.82, 2.24) is 24.1 Å². The highest BCUT2D eigenvalue weighted by molar-refractivity contribution is 7.10. The number of rotatable bonds is 3. The maximum Gasteiger partial charge on any atom is 0.276 e. The first-order valence-corrected chi connectivity index (χ1v) is 6.56. The Labute approximate surface area is 118 Å². The van der Waals surface area contributed by atoms with Crippen molar-refractivity contribution in [3.63, 3.8) is 0 Å². The summed E-state index contributed by atoms with van der Waals surface area (Å²) in [7, 11) is 0. The zero-order chi connectivity index (χ0) is 13.9. The van der Waals surface area contributed by atoms with Crippen LogP contribution < -0.4 is 5.32 Å². The molecule has 7 nitrogen and oxygen atoms in total. The van der Waals surface area contributed by atoms with Crippen LogP contribution in [-0.2, 0) is 0 Å². The molecule has 100 valence electrons. The smallest absolute Gasteiger partial charge is 0.276 e. The van der Waals surface area contributed by atoms with Gasteiger partial charge in [0.25, 0.3) is 5.91 Å². The molecule has 0 aromatic carbocycles. The predicted molar refractivity (Wildman–Crippen MR) is 74.0 cm³/mol. The second-order valence-corrected chi connectivity index (χ2v) is 4.84. The van der Waals surface area contributed by atoms with Crippen LogP contribution in [-0.4, -0.2) is 30.0 Å². The molecule has 1 amide bonds. The summed E-state index contributed by atoms with van der Waals surface area (Å²) < 4.78 is 5.80. The van der Waals surface area contributed by atoms with Gasteiger partial charge in [-0.2, -0.15) is 4.37 Å². The molecule has 0 bridgehead atoms.